The van der Waals surface area contributed by atoms with E-state index in [4.69, 9.17) is 0 Å². The van der Waals surface area contributed by atoms with Crippen molar-refractivity contribution in [3.05, 3.63) is 56.8 Å². The fraction of sp³-hybridized carbons (Fsp3) is 0.300. The molecule has 0 aromatic carbocycles. The Bertz CT molecular complexity index is 1270. The first-order valence-electron chi connectivity index (χ1n) is 9.89. The lowest BCUT2D eigenvalue weighted by atomic mass is 10.2. The van der Waals surface area contributed by atoms with Crippen molar-refractivity contribution in [3.63, 3.8) is 0 Å². The summed E-state index contributed by atoms with van der Waals surface area (Å²) in [6, 6.07) is 6.24. The predicted molar refractivity (Wildman–Crippen MR) is 124 cm³/mol. The molecular formula is C20H19BrN8OS. The molecule has 0 spiro atoms. The van der Waals surface area contributed by atoms with E-state index in [1.165, 1.54) is 11.3 Å². The third-order valence-corrected chi connectivity index (χ3v) is 6.75. The molecule has 0 unspecified atom stereocenters. The molecule has 0 aliphatic heterocycles. The Morgan fingerprint density at radius 3 is 2.68 bits per heavy atom. The molecule has 158 valence electrons. The fourth-order valence-corrected chi connectivity index (χ4v) is 5.14. The van der Waals surface area contributed by atoms with Crippen LogP contribution in [0.4, 0.5) is 11.8 Å². The summed E-state index contributed by atoms with van der Waals surface area (Å²) in [4.78, 5) is 25.8. The maximum Gasteiger partial charge on any atom is 0.274 e. The van der Waals surface area contributed by atoms with Gasteiger partial charge in [-0.3, -0.25) is 9.36 Å². The van der Waals surface area contributed by atoms with Gasteiger partial charge in [0.1, 0.15) is 10.5 Å². The van der Waals surface area contributed by atoms with Crippen LogP contribution in [0, 0.1) is 6.92 Å². The van der Waals surface area contributed by atoms with Gasteiger partial charge in [0.25, 0.3) is 5.56 Å². The minimum atomic E-state index is -0.0965. The van der Waals surface area contributed by atoms with Gasteiger partial charge in [-0.25, -0.2) is 15.0 Å². The van der Waals surface area contributed by atoms with Crippen LogP contribution in [0.25, 0.3) is 15.9 Å². The fourth-order valence-electron chi connectivity index (χ4n) is 3.74. The molecule has 4 aromatic heterocycles. The van der Waals surface area contributed by atoms with Crippen molar-refractivity contribution in [2.45, 2.75) is 38.3 Å². The first kappa shape index (κ1) is 20.0. The number of thiazole rings is 1. The summed E-state index contributed by atoms with van der Waals surface area (Å²) < 4.78 is 2.91. The average molecular weight is 499 g/mol. The van der Waals surface area contributed by atoms with Crippen molar-refractivity contribution >= 4 is 49.2 Å². The summed E-state index contributed by atoms with van der Waals surface area (Å²) in [5.41, 5.74) is 2.12. The molecule has 2 N–H and O–H groups in total. The number of aromatic nitrogens is 6. The van der Waals surface area contributed by atoms with Crippen molar-refractivity contribution in [2.75, 3.05) is 10.6 Å². The number of hydrogen-bond acceptors (Lipinski definition) is 9. The zero-order valence-corrected chi connectivity index (χ0v) is 19.0. The van der Waals surface area contributed by atoms with Gasteiger partial charge in [-0.2, -0.15) is 5.10 Å². The van der Waals surface area contributed by atoms with E-state index in [1.54, 1.807) is 23.2 Å². The number of fused-ring (bicyclic) bond motifs is 1. The Labute approximate surface area is 190 Å². The molecule has 1 aliphatic carbocycles. The maximum atomic E-state index is 12.8. The highest BCUT2D eigenvalue weighted by atomic mass is 79.9. The highest BCUT2D eigenvalue weighted by Gasteiger charge is 2.25. The smallest absolute Gasteiger partial charge is 0.274 e. The number of pyridine rings is 2. The van der Waals surface area contributed by atoms with Gasteiger partial charge in [0.15, 0.2) is 3.92 Å². The van der Waals surface area contributed by atoms with E-state index >= 15 is 0 Å². The van der Waals surface area contributed by atoms with Crippen LogP contribution < -0.4 is 16.2 Å². The summed E-state index contributed by atoms with van der Waals surface area (Å²) >= 11 is 4.67. The van der Waals surface area contributed by atoms with Gasteiger partial charge < -0.3 is 10.6 Å². The molecule has 4 aromatic rings. The Hall–Kier alpha value is -2.92. The first-order chi connectivity index (χ1) is 15.0. The zero-order valence-electron chi connectivity index (χ0n) is 16.6. The summed E-state index contributed by atoms with van der Waals surface area (Å²) in [5, 5.41) is 14.9. The van der Waals surface area contributed by atoms with Crippen molar-refractivity contribution < 1.29 is 0 Å². The second-order valence-corrected chi connectivity index (χ2v) is 9.77. The van der Waals surface area contributed by atoms with Crippen LogP contribution in [-0.4, -0.2) is 41.8 Å². The van der Waals surface area contributed by atoms with Crippen LogP contribution in [0.1, 0.15) is 25.0 Å². The number of anilines is 2. The lowest BCUT2D eigenvalue weighted by molar-refractivity contribution is 0.712. The SMILES string of the molecule is Cc1cnc(N[C@H]2CC[C@H](Nc3ccc(-n4ccc5nc(Br)sc5c4=O)cn3)C2)nn1. The second kappa shape index (κ2) is 8.31. The normalized spacial score (nSPS) is 18.4. The number of aryl methyl sites for hydroxylation is 1. The number of hydrogen-bond donors (Lipinski definition) is 2. The highest BCUT2D eigenvalue weighted by molar-refractivity contribution is 9.11. The molecule has 5 rings (SSSR count). The molecule has 2 atom stereocenters. The van der Waals surface area contributed by atoms with E-state index in [9.17, 15) is 4.79 Å². The maximum absolute atomic E-state index is 12.8. The number of nitrogens with one attached hydrogen (secondary N) is 2. The highest BCUT2D eigenvalue weighted by Crippen LogP contribution is 2.25. The van der Waals surface area contributed by atoms with E-state index < -0.39 is 0 Å². The molecule has 0 radical (unpaired) electrons. The lowest BCUT2D eigenvalue weighted by Gasteiger charge is -2.15. The summed E-state index contributed by atoms with van der Waals surface area (Å²) in [6.45, 7) is 1.87. The number of nitrogens with zero attached hydrogens (tertiary/aromatic N) is 6. The molecule has 1 saturated carbocycles. The van der Waals surface area contributed by atoms with Gasteiger partial charge in [0, 0.05) is 18.3 Å². The van der Waals surface area contributed by atoms with E-state index in [1.807, 2.05) is 25.1 Å². The molecule has 0 saturated heterocycles. The van der Waals surface area contributed by atoms with E-state index in [0.29, 0.717) is 32.2 Å². The lowest BCUT2D eigenvalue weighted by Crippen LogP contribution is -2.22. The van der Waals surface area contributed by atoms with Gasteiger partial charge in [0.05, 0.1) is 29.3 Å². The summed E-state index contributed by atoms with van der Waals surface area (Å²) in [6.07, 6.45) is 8.14. The van der Waals surface area contributed by atoms with Crippen LogP contribution >= 0.6 is 27.3 Å². The van der Waals surface area contributed by atoms with E-state index in [2.05, 4.69) is 51.7 Å². The molecule has 1 aliphatic rings. The van der Waals surface area contributed by atoms with Crippen molar-refractivity contribution in [1.82, 2.24) is 29.7 Å². The molecule has 31 heavy (non-hydrogen) atoms. The first-order valence-corrected chi connectivity index (χ1v) is 11.5. The van der Waals surface area contributed by atoms with Crippen LogP contribution in [-0.2, 0) is 0 Å². The quantitative estimate of drug-likeness (QED) is 0.429. The molecule has 11 heteroatoms. The van der Waals surface area contributed by atoms with E-state index in [-0.39, 0.29) is 5.56 Å². The van der Waals surface area contributed by atoms with Crippen molar-refractivity contribution in [1.29, 1.82) is 0 Å². The Morgan fingerprint density at radius 1 is 1.10 bits per heavy atom. The molecule has 0 bridgehead atoms. The number of halogens is 1. The molecule has 0 amide bonds. The van der Waals surface area contributed by atoms with E-state index in [0.717, 1.165) is 36.5 Å². The van der Waals surface area contributed by atoms with Gasteiger partial charge >= 0.3 is 0 Å². The van der Waals surface area contributed by atoms with Gasteiger partial charge in [-0.15, -0.1) is 16.4 Å². The number of rotatable bonds is 5. The second-order valence-electron chi connectivity index (χ2n) is 7.49. The average Bonchev–Trinajstić information content (AvgIpc) is 3.37. The summed E-state index contributed by atoms with van der Waals surface area (Å²) in [7, 11) is 0. The van der Waals surface area contributed by atoms with Crippen LogP contribution in [0.3, 0.4) is 0 Å². The molecule has 4 heterocycles. The van der Waals surface area contributed by atoms with Gasteiger partial charge in [-0.1, -0.05) is 0 Å². The molecule has 9 nitrogen and oxygen atoms in total. The Morgan fingerprint density at radius 2 is 1.94 bits per heavy atom. The standard InChI is InChI=1S/C20H19BrN8OS/c1-11-9-23-20(28-27-11)25-13-3-2-12(8-13)24-16-5-4-14(10-22-16)29-7-6-15-17(18(29)30)31-19(21)26-15/h4-7,9-10,12-13H,2-3,8H2,1H3,(H,22,24)(H,23,25,28)/t12-,13-/m0/s1. The van der Waals surface area contributed by atoms with Crippen LogP contribution in [0.5, 0.6) is 0 Å². The largest absolute Gasteiger partial charge is 0.367 e. The topological polar surface area (TPSA) is 111 Å². The molecule has 1 fully saturated rings. The molecular weight excluding hydrogens is 480 g/mol. The summed E-state index contributed by atoms with van der Waals surface area (Å²) in [5.74, 6) is 1.35. The Kier molecular flexibility index (Phi) is 5.36. The minimum Gasteiger partial charge on any atom is -0.367 e. The van der Waals surface area contributed by atoms with Crippen molar-refractivity contribution in [3.8, 4) is 5.69 Å². The van der Waals surface area contributed by atoms with Crippen LogP contribution in [0.2, 0.25) is 0 Å². The van der Waals surface area contributed by atoms with Gasteiger partial charge in [-0.05, 0) is 60.3 Å². The third-order valence-electron chi connectivity index (χ3n) is 5.24. The minimum absolute atomic E-state index is 0.0965. The van der Waals surface area contributed by atoms with Gasteiger partial charge in [0.2, 0.25) is 5.95 Å². The third kappa shape index (κ3) is 4.28. The predicted octanol–water partition coefficient (Wildman–Crippen LogP) is 3.54. The van der Waals surface area contributed by atoms with Crippen molar-refractivity contribution in [2.24, 2.45) is 0 Å². The Balaban J connectivity index is 1.24. The monoisotopic (exact) mass is 498 g/mol. The zero-order chi connectivity index (χ0) is 21.4. The van der Waals surface area contributed by atoms with Crippen LogP contribution in [0.15, 0.2) is 45.5 Å².